The quantitative estimate of drug-likeness (QED) is 0.239. The van der Waals surface area contributed by atoms with Gasteiger partial charge >= 0.3 is 0 Å². The van der Waals surface area contributed by atoms with Gasteiger partial charge in [-0.2, -0.15) is 9.50 Å². The van der Waals surface area contributed by atoms with Crippen LogP contribution in [0.1, 0.15) is 38.2 Å². The Kier molecular flexibility index (Phi) is 6.79. The number of hydrogen-bond acceptors (Lipinski definition) is 5. The fraction of sp³-hybridized carbons (Fsp3) is 0.261. The number of aromatic nitrogens is 3. The molecule has 0 aliphatic rings. The summed E-state index contributed by atoms with van der Waals surface area (Å²) in [4.78, 5) is 17.9. The molecular formula is C23H22IN3O2S. The summed E-state index contributed by atoms with van der Waals surface area (Å²) >= 11 is 3.62. The number of hydrogen-bond donors (Lipinski definition) is 0. The van der Waals surface area contributed by atoms with E-state index in [1.807, 2.05) is 54.6 Å². The minimum Gasteiger partial charge on any atom is -0.494 e. The van der Waals surface area contributed by atoms with E-state index in [2.05, 4.69) is 39.6 Å². The summed E-state index contributed by atoms with van der Waals surface area (Å²) in [7, 11) is 0. The van der Waals surface area contributed by atoms with Crippen molar-refractivity contribution in [1.29, 1.82) is 0 Å². The first kappa shape index (κ1) is 21.0. The van der Waals surface area contributed by atoms with Gasteiger partial charge in [-0.3, -0.25) is 4.79 Å². The maximum absolute atomic E-state index is 12.7. The minimum atomic E-state index is -0.140. The summed E-state index contributed by atoms with van der Waals surface area (Å²) in [6, 6.07) is 15.8. The number of benzene rings is 2. The SMILES string of the molecule is CCCCCCOc1ccc(-c2nc3s/c(=C\c4ccc(I)cc4)c(=O)n3n2)cc1. The molecule has 4 rings (SSSR count). The average Bonchev–Trinajstić information content (AvgIpc) is 3.30. The highest BCUT2D eigenvalue weighted by Crippen LogP contribution is 2.21. The highest BCUT2D eigenvalue weighted by molar-refractivity contribution is 14.1. The molecule has 2 heterocycles. The highest BCUT2D eigenvalue weighted by Gasteiger charge is 2.12. The van der Waals surface area contributed by atoms with Crippen LogP contribution >= 0.6 is 33.9 Å². The molecule has 30 heavy (non-hydrogen) atoms. The molecular weight excluding hydrogens is 509 g/mol. The lowest BCUT2D eigenvalue weighted by molar-refractivity contribution is 0.305. The van der Waals surface area contributed by atoms with Crippen molar-refractivity contribution in [2.45, 2.75) is 32.6 Å². The minimum absolute atomic E-state index is 0.140. The molecule has 0 bridgehead atoms. The molecule has 0 spiro atoms. The maximum atomic E-state index is 12.7. The van der Waals surface area contributed by atoms with Gasteiger partial charge in [-0.15, -0.1) is 5.10 Å². The third kappa shape index (κ3) is 4.89. The third-order valence-electron chi connectivity index (χ3n) is 4.73. The van der Waals surface area contributed by atoms with Crippen LogP contribution in [-0.4, -0.2) is 21.2 Å². The van der Waals surface area contributed by atoms with E-state index in [0.29, 0.717) is 15.3 Å². The molecule has 0 N–H and O–H groups in total. The zero-order valence-corrected chi connectivity index (χ0v) is 19.7. The molecule has 5 nitrogen and oxygen atoms in total. The first-order valence-electron chi connectivity index (χ1n) is 10.0. The van der Waals surface area contributed by atoms with Crippen molar-refractivity contribution in [3.63, 3.8) is 0 Å². The van der Waals surface area contributed by atoms with Crippen LogP contribution in [0.4, 0.5) is 0 Å². The van der Waals surface area contributed by atoms with Crippen molar-refractivity contribution in [2.24, 2.45) is 0 Å². The molecule has 154 valence electrons. The van der Waals surface area contributed by atoms with Crippen LogP contribution in [0.15, 0.2) is 53.3 Å². The van der Waals surface area contributed by atoms with E-state index in [-0.39, 0.29) is 5.56 Å². The predicted octanol–water partition coefficient (Wildman–Crippen LogP) is 4.93. The molecule has 0 radical (unpaired) electrons. The summed E-state index contributed by atoms with van der Waals surface area (Å²) in [6.45, 7) is 2.93. The summed E-state index contributed by atoms with van der Waals surface area (Å²) in [5, 5.41) is 4.43. The Morgan fingerprint density at radius 1 is 1.07 bits per heavy atom. The van der Waals surface area contributed by atoms with Crippen molar-refractivity contribution in [3.05, 3.63) is 72.6 Å². The number of thiazole rings is 1. The summed E-state index contributed by atoms with van der Waals surface area (Å²) < 4.78 is 8.96. The van der Waals surface area contributed by atoms with Gasteiger partial charge in [0.2, 0.25) is 4.96 Å². The lowest BCUT2D eigenvalue weighted by atomic mass is 10.2. The average molecular weight is 531 g/mol. The lowest BCUT2D eigenvalue weighted by Gasteiger charge is -2.06. The van der Waals surface area contributed by atoms with Crippen molar-refractivity contribution in [3.8, 4) is 17.1 Å². The maximum Gasteiger partial charge on any atom is 0.291 e. The van der Waals surface area contributed by atoms with Gasteiger partial charge in [0.15, 0.2) is 5.82 Å². The monoisotopic (exact) mass is 531 g/mol. The molecule has 0 fully saturated rings. The zero-order valence-electron chi connectivity index (χ0n) is 16.7. The van der Waals surface area contributed by atoms with E-state index >= 15 is 0 Å². The highest BCUT2D eigenvalue weighted by atomic mass is 127. The Morgan fingerprint density at radius 3 is 2.53 bits per heavy atom. The second-order valence-corrected chi connectivity index (χ2v) is 9.29. The van der Waals surface area contributed by atoms with Crippen LogP contribution in [0.5, 0.6) is 5.75 Å². The van der Waals surface area contributed by atoms with E-state index in [1.54, 1.807) is 0 Å². The van der Waals surface area contributed by atoms with Crippen molar-refractivity contribution in [1.82, 2.24) is 14.6 Å². The Bertz CT molecular complexity index is 1230. The lowest BCUT2D eigenvalue weighted by Crippen LogP contribution is -2.23. The van der Waals surface area contributed by atoms with Crippen molar-refractivity contribution in [2.75, 3.05) is 6.61 Å². The molecule has 0 saturated heterocycles. The van der Waals surface area contributed by atoms with E-state index < -0.39 is 0 Å². The largest absolute Gasteiger partial charge is 0.494 e. The van der Waals surface area contributed by atoms with Gasteiger partial charge in [-0.1, -0.05) is 49.7 Å². The van der Waals surface area contributed by atoms with E-state index in [9.17, 15) is 4.79 Å². The molecule has 0 unspecified atom stereocenters. The second-order valence-electron chi connectivity index (χ2n) is 7.03. The van der Waals surface area contributed by atoms with Gasteiger partial charge < -0.3 is 4.74 Å². The van der Waals surface area contributed by atoms with Crippen LogP contribution in [-0.2, 0) is 0 Å². The molecule has 2 aromatic heterocycles. The summed E-state index contributed by atoms with van der Waals surface area (Å²) in [5.41, 5.74) is 1.72. The molecule has 7 heteroatoms. The topological polar surface area (TPSA) is 56.5 Å². The van der Waals surface area contributed by atoms with Gasteiger partial charge in [-0.25, -0.2) is 0 Å². The first-order chi connectivity index (χ1) is 14.6. The number of unbranched alkanes of at least 4 members (excludes halogenated alkanes) is 3. The van der Waals surface area contributed by atoms with E-state index in [0.717, 1.165) is 33.5 Å². The molecule has 0 saturated carbocycles. The molecule has 0 amide bonds. The van der Waals surface area contributed by atoms with Crippen LogP contribution in [0.3, 0.4) is 0 Å². The Balaban J connectivity index is 1.50. The van der Waals surface area contributed by atoms with Gasteiger partial charge in [0.05, 0.1) is 11.1 Å². The van der Waals surface area contributed by atoms with Crippen LogP contribution < -0.4 is 14.8 Å². The number of ether oxygens (including phenoxy) is 1. The Morgan fingerprint density at radius 2 is 1.83 bits per heavy atom. The van der Waals surface area contributed by atoms with Crippen LogP contribution in [0.25, 0.3) is 22.4 Å². The predicted molar refractivity (Wildman–Crippen MR) is 130 cm³/mol. The fourth-order valence-electron chi connectivity index (χ4n) is 3.09. The molecule has 0 aliphatic heterocycles. The number of nitrogens with zero attached hydrogens (tertiary/aromatic N) is 3. The standard InChI is InChI=1S/C23H22IN3O2S/c1-2-3-4-5-14-29-19-12-8-17(9-13-19)21-25-23-27(26-21)22(28)20(30-23)15-16-6-10-18(24)11-7-16/h6-13,15H,2-5,14H2,1H3/b20-15-. The fourth-order valence-corrected chi connectivity index (χ4v) is 4.35. The van der Waals surface area contributed by atoms with E-state index in [1.165, 1.54) is 35.1 Å². The smallest absolute Gasteiger partial charge is 0.291 e. The molecule has 0 aliphatic carbocycles. The summed E-state index contributed by atoms with van der Waals surface area (Å²) in [6.07, 6.45) is 6.62. The zero-order chi connectivity index (χ0) is 20.9. The second kappa shape index (κ2) is 9.70. The van der Waals surface area contributed by atoms with Crippen LogP contribution in [0.2, 0.25) is 0 Å². The van der Waals surface area contributed by atoms with Gasteiger partial charge in [0.1, 0.15) is 5.75 Å². The third-order valence-corrected chi connectivity index (χ3v) is 6.41. The van der Waals surface area contributed by atoms with Gasteiger partial charge in [0.25, 0.3) is 5.56 Å². The molecule has 4 aromatic rings. The normalized spacial score (nSPS) is 12.0. The first-order valence-corrected chi connectivity index (χ1v) is 11.9. The van der Waals surface area contributed by atoms with Gasteiger partial charge in [0, 0.05) is 9.13 Å². The van der Waals surface area contributed by atoms with Crippen molar-refractivity contribution < 1.29 is 4.74 Å². The Hall–Kier alpha value is -2.26. The summed E-state index contributed by atoms with van der Waals surface area (Å²) in [5.74, 6) is 1.39. The Labute approximate surface area is 192 Å². The number of fused-ring (bicyclic) bond motifs is 1. The molecule has 2 aromatic carbocycles. The van der Waals surface area contributed by atoms with Crippen molar-refractivity contribution >= 4 is 45.0 Å². The van der Waals surface area contributed by atoms with Gasteiger partial charge in [-0.05, 0) is 77.0 Å². The number of halogens is 1. The molecule has 0 atom stereocenters. The number of rotatable bonds is 8. The van der Waals surface area contributed by atoms with Crippen LogP contribution in [0, 0.1) is 3.57 Å². The van der Waals surface area contributed by atoms with E-state index in [4.69, 9.17) is 4.74 Å².